The zero-order valence-electron chi connectivity index (χ0n) is 8.94. The van der Waals surface area contributed by atoms with Gasteiger partial charge in [-0.1, -0.05) is 0 Å². The molecule has 0 aromatic carbocycles. The summed E-state index contributed by atoms with van der Waals surface area (Å²) in [5.41, 5.74) is 0. The fourth-order valence-corrected chi connectivity index (χ4v) is 3.70. The van der Waals surface area contributed by atoms with E-state index in [1.165, 1.54) is 0 Å². The molecular formula is C9H16ClNO3S. The summed E-state index contributed by atoms with van der Waals surface area (Å²) in [6.07, 6.45) is 0.533. The molecule has 0 aliphatic carbocycles. The predicted molar refractivity (Wildman–Crippen MR) is 59.8 cm³/mol. The van der Waals surface area contributed by atoms with Gasteiger partial charge in [0.1, 0.15) is 5.38 Å². The van der Waals surface area contributed by atoms with Crippen molar-refractivity contribution < 1.29 is 13.2 Å². The van der Waals surface area contributed by atoms with Crippen LogP contribution in [0, 0.1) is 0 Å². The Morgan fingerprint density at radius 1 is 1.60 bits per heavy atom. The number of amides is 1. The highest BCUT2D eigenvalue weighted by Crippen LogP contribution is 2.19. The van der Waals surface area contributed by atoms with Gasteiger partial charge in [-0.3, -0.25) is 4.79 Å². The molecule has 1 saturated heterocycles. The number of hydrogen-bond donors (Lipinski definition) is 0. The van der Waals surface area contributed by atoms with E-state index >= 15 is 0 Å². The molecule has 4 nitrogen and oxygen atoms in total. The van der Waals surface area contributed by atoms with Crippen LogP contribution in [0.5, 0.6) is 0 Å². The third-order valence-corrected chi connectivity index (χ3v) is 4.55. The van der Waals surface area contributed by atoms with Gasteiger partial charge in [-0.2, -0.15) is 0 Å². The van der Waals surface area contributed by atoms with Crippen molar-refractivity contribution in [3.63, 3.8) is 0 Å². The molecule has 1 aliphatic heterocycles. The summed E-state index contributed by atoms with van der Waals surface area (Å²) in [7, 11) is -2.95. The highest BCUT2D eigenvalue weighted by molar-refractivity contribution is 7.91. The maximum Gasteiger partial charge on any atom is 0.240 e. The first-order valence-electron chi connectivity index (χ1n) is 5.02. The molecule has 88 valence electrons. The third kappa shape index (κ3) is 3.08. The van der Waals surface area contributed by atoms with Gasteiger partial charge >= 0.3 is 0 Å². The molecule has 0 aromatic rings. The van der Waals surface area contributed by atoms with Crippen LogP contribution in [-0.4, -0.2) is 48.7 Å². The normalized spacial score (nSPS) is 26.2. The molecule has 1 amide bonds. The van der Waals surface area contributed by atoms with Gasteiger partial charge in [0.25, 0.3) is 0 Å². The Kier molecular flexibility index (Phi) is 4.00. The fourth-order valence-electron chi connectivity index (χ4n) is 1.84. The van der Waals surface area contributed by atoms with Gasteiger partial charge in [-0.15, -0.1) is 11.6 Å². The molecular weight excluding hydrogens is 238 g/mol. The Morgan fingerprint density at radius 3 is 2.53 bits per heavy atom. The van der Waals surface area contributed by atoms with Crippen LogP contribution in [0.2, 0.25) is 0 Å². The highest BCUT2D eigenvalue weighted by Gasteiger charge is 2.34. The maximum absolute atomic E-state index is 11.7. The van der Waals surface area contributed by atoms with Crippen molar-refractivity contribution in [1.29, 1.82) is 0 Å². The van der Waals surface area contributed by atoms with Gasteiger partial charge in [-0.25, -0.2) is 8.42 Å². The van der Waals surface area contributed by atoms with Crippen molar-refractivity contribution in [2.45, 2.75) is 31.7 Å². The minimum Gasteiger partial charge on any atom is -0.338 e. The number of sulfone groups is 1. The molecule has 6 heteroatoms. The van der Waals surface area contributed by atoms with Gasteiger partial charge in [-0.05, 0) is 20.3 Å². The zero-order valence-corrected chi connectivity index (χ0v) is 10.5. The Hall–Kier alpha value is -0.290. The van der Waals surface area contributed by atoms with E-state index in [9.17, 15) is 13.2 Å². The van der Waals surface area contributed by atoms with E-state index in [4.69, 9.17) is 11.6 Å². The summed E-state index contributed by atoms with van der Waals surface area (Å²) in [5, 5.41) is -0.590. The standard InChI is InChI=1S/C9H16ClNO3S/c1-3-11(9(12)7(2)10)8-4-5-15(13,14)6-8/h7-8H,3-6H2,1-2H3/t7-,8+/m1/s1. The molecule has 0 spiro atoms. The van der Waals surface area contributed by atoms with Gasteiger partial charge in [0.05, 0.1) is 11.5 Å². The fraction of sp³-hybridized carbons (Fsp3) is 0.889. The van der Waals surface area contributed by atoms with E-state index in [0.717, 1.165) is 0 Å². The molecule has 15 heavy (non-hydrogen) atoms. The summed E-state index contributed by atoms with van der Waals surface area (Å²) in [6.45, 7) is 3.95. The van der Waals surface area contributed by atoms with Gasteiger partial charge in [0.2, 0.25) is 5.91 Å². The van der Waals surface area contributed by atoms with Crippen molar-refractivity contribution in [3.05, 3.63) is 0 Å². The molecule has 1 aliphatic rings. The number of hydrogen-bond acceptors (Lipinski definition) is 3. The van der Waals surface area contributed by atoms with E-state index in [0.29, 0.717) is 13.0 Å². The molecule has 0 N–H and O–H groups in total. The smallest absolute Gasteiger partial charge is 0.240 e. The molecule has 2 atom stereocenters. The number of carbonyl (C=O) groups is 1. The van der Waals surface area contributed by atoms with Crippen LogP contribution in [0.3, 0.4) is 0 Å². The predicted octanol–water partition coefficient (Wildman–Crippen LogP) is 0.649. The van der Waals surface area contributed by atoms with E-state index in [1.807, 2.05) is 6.92 Å². The number of halogens is 1. The van der Waals surface area contributed by atoms with Crippen LogP contribution in [0.25, 0.3) is 0 Å². The summed E-state index contributed by atoms with van der Waals surface area (Å²) in [6, 6.07) is -0.186. The average molecular weight is 254 g/mol. The lowest BCUT2D eigenvalue weighted by Gasteiger charge is -2.27. The van der Waals surface area contributed by atoms with Crippen LogP contribution in [-0.2, 0) is 14.6 Å². The lowest BCUT2D eigenvalue weighted by atomic mass is 10.2. The van der Waals surface area contributed by atoms with Crippen molar-refractivity contribution >= 4 is 27.3 Å². The number of carbonyl (C=O) groups excluding carboxylic acids is 1. The molecule has 0 saturated carbocycles. The largest absolute Gasteiger partial charge is 0.338 e. The van der Waals surface area contributed by atoms with E-state index < -0.39 is 15.2 Å². The summed E-state index contributed by atoms with van der Waals surface area (Å²) < 4.78 is 22.6. The maximum atomic E-state index is 11.7. The Bertz CT molecular complexity index is 339. The number of alkyl halides is 1. The summed E-state index contributed by atoms with van der Waals surface area (Å²) in [5.74, 6) is 0.0789. The van der Waals surface area contributed by atoms with Gasteiger partial charge in [0, 0.05) is 12.6 Å². The minimum absolute atomic E-state index is 0.0796. The molecule has 1 heterocycles. The van der Waals surface area contributed by atoms with Crippen molar-refractivity contribution in [2.24, 2.45) is 0 Å². The first kappa shape index (κ1) is 12.8. The topological polar surface area (TPSA) is 54.5 Å². The molecule has 0 unspecified atom stereocenters. The molecule has 0 aromatic heterocycles. The van der Waals surface area contributed by atoms with Crippen LogP contribution in [0.1, 0.15) is 20.3 Å². The lowest BCUT2D eigenvalue weighted by molar-refractivity contribution is -0.132. The average Bonchev–Trinajstić information content (AvgIpc) is 2.47. The first-order valence-corrected chi connectivity index (χ1v) is 7.28. The van der Waals surface area contributed by atoms with Gasteiger partial charge < -0.3 is 4.90 Å². The van der Waals surface area contributed by atoms with Crippen LogP contribution in [0.15, 0.2) is 0 Å². The second-order valence-corrected chi connectivity index (χ2v) is 6.68. The molecule has 0 bridgehead atoms. The first-order chi connectivity index (χ1) is 6.87. The number of nitrogens with zero attached hydrogens (tertiary/aromatic N) is 1. The second-order valence-electron chi connectivity index (χ2n) is 3.80. The van der Waals surface area contributed by atoms with Crippen LogP contribution in [0.4, 0.5) is 0 Å². The van der Waals surface area contributed by atoms with Crippen molar-refractivity contribution in [2.75, 3.05) is 18.1 Å². The second kappa shape index (κ2) is 4.70. The SMILES string of the molecule is CCN(C(=O)[C@@H](C)Cl)[C@H]1CCS(=O)(=O)C1. The minimum atomic E-state index is -2.95. The third-order valence-electron chi connectivity index (χ3n) is 2.61. The number of rotatable bonds is 3. The molecule has 0 radical (unpaired) electrons. The van der Waals surface area contributed by atoms with Crippen LogP contribution >= 0.6 is 11.6 Å². The summed E-state index contributed by atoms with van der Waals surface area (Å²) in [4.78, 5) is 13.2. The highest BCUT2D eigenvalue weighted by atomic mass is 35.5. The zero-order chi connectivity index (χ0) is 11.6. The van der Waals surface area contributed by atoms with E-state index in [-0.39, 0.29) is 23.5 Å². The Balaban J connectivity index is 2.73. The van der Waals surface area contributed by atoms with Crippen LogP contribution < -0.4 is 0 Å². The lowest BCUT2D eigenvalue weighted by Crippen LogP contribution is -2.44. The molecule has 1 fully saturated rings. The Morgan fingerprint density at radius 2 is 2.20 bits per heavy atom. The quantitative estimate of drug-likeness (QED) is 0.694. The van der Waals surface area contributed by atoms with Crippen molar-refractivity contribution in [1.82, 2.24) is 4.90 Å². The van der Waals surface area contributed by atoms with E-state index in [1.54, 1.807) is 11.8 Å². The van der Waals surface area contributed by atoms with Crippen molar-refractivity contribution in [3.8, 4) is 0 Å². The monoisotopic (exact) mass is 253 g/mol. The summed E-state index contributed by atoms with van der Waals surface area (Å²) >= 11 is 5.71. The van der Waals surface area contributed by atoms with Gasteiger partial charge in [0.15, 0.2) is 9.84 Å². The molecule has 1 rings (SSSR count). The van der Waals surface area contributed by atoms with E-state index in [2.05, 4.69) is 0 Å². The Labute approximate surface area is 95.5 Å².